The van der Waals surface area contributed by atoms with Crippen LogP contribution in [0, 0.1) is 17.1 Å². The van der Waals surface area contributed by atoms with Crippen LogP contribution in [0.1, 0.15) is 41.4 Å². The number of nitriles is 1. The van der Waals surface area contributed by atoms with Crippen molar-refractivity contribution in [3.8, 4) is 6.07 Å². The molecule has 2 N–H and O–H groups in total. The summed E-state index contributed by atoms with van der Waals surface area (Å²) >= 11 is 0. The molecule has 0 radical (unpaired) electrons. The van der Waals surface area contributed by atoms with E-state index in [-0.39, 0.29) is 17.5 Å². The van der Waals surface area contributed by atoms with Crippen LogP contribution >= 0.6 is 0 Å². The number of Topliss-reactive ketones (excluding diaryl/α,β-unsaturated/α-hetero) is 1. The lowest BCUT2D eigenvalue weighted by atomic mass is 9.71. The highest BCUT2D eigenvalue weighted by Gasteiger charge is 2.45. The van der Waals surface area contributed by atoms with Gasteiger partial charge in [-0.15, -0.1) is 0 Å². The monoisotopic (exact) mass is 460 g/mol. The number of hydrogen-bond acceptors (Lipinski definition) is 5. The van der Waals surface area contributed by atoms with E-state index in [9.17, 15) is 14.4 Å². The Labute approximate surface area is 202 Å². The molecule has 2 heterocycles. The van der Waals surface area contributed by atoms with Crippen LogP contribution in [0.15, 0.2) is 107 Å². The molecular weight excluding hydrogens is 439 g/mol. The predicted octanol–water partition coefficient (Wildman–Crippen LogP) is 5.28. The summed E-state index contributed by atoms with van der Waals surface area (Å²) in [6.07, 6.45) is 0.949. The highest BCUT2D eigenvalue weighted by molar-refractivity contribution is 6.08. The van der Waals surface area contributed by atoms with E-state index >= 15 is 0 Å². The Bertz CT molecular complexity index is 1500. The van der Waals surface area contributed by atoms with Crippen LogP contribution in [0.2, 0.25) is 0 Å². The molecule has 2 atom stereocenters. The number of allylic oxidation sites excluding steroid dienone is 3. The third-order valence-corrected chi connectivity index (χ3v) is 7.02. The topological polar surface area (TPSA) is 82.5 Å². The fourth-order valence-electron chi connectivity index (χ4n) is 5.46. The van der Waals surface area contributed by atoms with Gasteiger partial charge in [0, 0.05) is 23.3 Å². The summed E-state index contributed by atoms with van der Waals surface area (Å²) < 4.78 is 13.8. The molecule has 0 fully saturated rings. The van der Waals surface area contributed by atoms with Gasteiger partial charge in [-0.25, -0.2) is 9.38 Å². The highest BCUT2D eigenvalue weighted by Crippen LogP contribution is 2.51. The SMILES string of the molecule is N#CC1=C2N=C(N)c3ccccc3N2C2=C(C(=O)C[C@H](c3ccccc3)C2)[C@H]1c1ccc(F)cc1. The van der Waals surface area contributed by atoms with Gasteiger partial charge < -0.3 is 5.73 Å². The third-order valence-electron chi connectivity index (χ3n) is 7.02. The number of aliphatic imine (C=N–C) groups is 1. The van der Waals surface area contributed by atoms with E-state index in [1.165, 1.54) is 12.1 Å². The lowest BCUT2D eigenvalue weighted by molar-refractivity contribution is -0.116. The number of ketones is 1. The van der Waals surface area contributed by atoms with Gasteiger partial charge in [0.2, 0.25) is 0 Å². The summed E-state index contributed by atoms with van der Waals surface area (Å²) in [6.45, 7) is 0. The van der Waals surface area contributed by atoms with Gasteiger partial charge in [-0.2, -0.15) is 5.26 Å². The molecule has 0 amide bonds. The number of carbonyl (C=O) groups excluding carboxylic acids is 1. The fourth-order valence-corrected chi connectivity index (χ4v) is 5.46. The molecule has 3 aromatic carbocycles. The number of para-hydroxylation sites is 1. The molecule has 0 aromatic heterocycles. The first-order valence-electron chi connectivity index (χ1n) is 11.5. The fraction of sp³-hybridized carbons (Fsp3) is 0.138. The molecule has 6 rings (SSSR count). The maximum atomic E-state index is 13.8. The molecule has 5 nitrogen and oxygen atoms in total. The smallest absolute Gasteiger partial charge is 0.162 e. The number of fused-ring (bicyclic) bond motifs is 4. The van der Waals surface area contributed by atoms with Gasteiger partial charge in [-0.05, 0) is 47.7 Å². The minimum Gasteiger partial charge on any atom is -0.383 e. The molecule has 1 aliphatic carbocycles. The lowest BCUT2D eigenvalue weighted by Crippen LogP contribution is -2.40. The highest BCUT2D eigenvalue weighted by atomic mass is 19.1. The Morgan fingerprint density at radius 3 is 2.40 bits per heavy atom. The third kappa shape index (κ3) is 3.28. The number of nitrogens with two attached hydrogens (primary N) is 1. The molecular formula is C29H21FN4O. The van der Waals surface area contributed by atoms with Crippen molar-refractivity contribution in [1.29, 1.82) is 5.26 Å². The molecule has 6 heteroatoms. The summed E-state index contributed by atoms with van der Waals surface area (Å²) in [7, 11) is 0. The van der Waals surface area contributed by atoms with Crippen molar-refractivity contribution in [1.82, 2.24) is 0 Å². The van der Waals surface area contributed by atoms with Crippen LogP contribution in [-0.2, 0) is 4.79 Å². The van der Waals surface area contributed by atoms with Crippen LogP contribution in [0.5, 0.6) is 0 Å². The van der Waals surface area contributed by atoms with E-state index in [0.717, 1.165) is 22.5 Å². The Kier molecular flexibility index (Phi) is 4.85. The minimum atomic E-state index is -0.632. The van der Waals surface area contributed by atoms with Crippen molar-refractivity contribution in [3.63, 3.8) is 0 Å². The molecule has 170 valence electrons. The number of nitrogens with zero attached hydrogens (tertiary/aromatic N) is 3. The van der Waals surface area contributed by atoms with Gasteiger partial charge in [0.05, 0.1) is 23.2 Å². The van der Waals surface area contributed by atoms with Crippen molar-refractivity contribution in [2.75, 3.05) is 4.90 Å². The summed E-state index contributed by atoms with van der Waals surface area (Å²) in [4.78, 5) is 20.4. The molecule has 0 spiro atoms. The van der Waals surface area contributed by atoms with E-state index in [0.29, 0.717) is 41.2 Å². The molecule has 0 bridgehead atoms. The normalized spacial score (nSPS) is 21.1. The van der Waals surface area contributed by atoms with Gasteiger partial charge in [0.1, 0.15) is 11.7 Å². The summed E-state index contributed by atoms with van der Waals surface area (Å²) in [5.41, 5.74) is 11.4. The second kappa shape index (κ2) is 8.07. The van der Waals surface area contributed by atoms with Crippen molar-refractivity contribution in [2.45, 2.75) is 24.7 Å². The largest absolute Gasteiger partial charge is 0.383 e. The van der Waals surface area contributed by atoms with Crippen LogP contribution in [0.25, 0.3) is 0 Å². The Morgan fingerprint density at radius 2 is 1.66 bits per heavy atom. The zero-order valence-electron chi connectivity index (χ0n) is 18.8. The van der Waals surface area contributed by atoms with E-state index in [4.69, 9.17) is 5.73 Å². The Hall–Kier alpha value is -4.50. The van der Waals surface area contributed by atoms with Crippen molar-refractivity contribution in [2.24, 2.45) is 10.7 Å². The van der Waals surface area contributed by atoms with Crippen LogP contribution in [0.3, 0.4) is 0 Å². The first-order chi connectivity index (χ1) is 17.1. The van der Waals surface area contributed by atoms with Crippen LogP contribution < -0.4 is 10.6 Å². The van der Waals surface area contributed by atoms with Crippen LogP contribution in [0.4, 0.5) is 10.1 Å². The summed E-state index contributed by atoms with van der Waals surface area (Å²) in [5.74, 6) is -0.271. The molecule has 2 aliphatic heterocycles. The molecule has 3 aromatic rings. The maximum Gasteiger partial charge on any atom is 0.162 e. The second-order valence-corrected chi connectivity index (χ2v) is 8.98. The van der Waals surface area contributed by atoms with E-state index in [2.05, 4.69) is 11.1 Å². The zero-order valence-corrected chi connectivity index (χ0v) is 18.8. The van der Waals surface area contributed by atoms with E-state index in [1.807, 2.05) is 59.5 Å². The summed E-state index contributed by atoms with van der Waals surface area (Å²) in [5, 5.41) is 10.3. The predicted molar refractivity (Wildman–Crippen MR) is 132 cm³/mol. The molecule has 35 heavy (non-hydrogen) atoms. The average molecular weight is 461 g/mol. The standard InChI is InChI=1S/C29H21FN4O/c30-20-12-10-18(11-13-20)26-22(16-31)29-33-28(32)21-8-4-5-9-23(21)34(29)24-14-19(15-25(35)27(24)26)17-6-2-1-3-7-17/h1-13,19,26H,14-15H2,(H2,32,33)/t19-,26+/m1/s1. The average Bonchev–Trinajstić information content (AvgIpc) is 2.89. The molecule has 0 unspecified atom stereocenters. The Morgan fingerprint density at radius 1 is 0.943 bits per heavy atom. The first kappa shape index (κ1) is 21.1. The number of carbonyl (C=O) groups is 1. The quantitative estimate of drug-likeness (QED) is 0.564. The van der Waals surface area contributed by atoms with Crippen LogP contribution in [-0.4, -0.2) is 11.6 Å². The van der Waals surface area contributed by atoms with Crippen molar-refractivity contribution >= 4 is 17.3 Å². The molecule has 0 saturated carbocycles. The zero-order chi connectivity index (χ0) is 24.1. The number of benzene rings is 3. The number of hydrogen-bond donors (Lipinski definition) is 1. The van der Waals surface area contributed by atoms with Gasteiger partial charge in [0.15, 0.2) is 11.6 Å². The van der Waals surface area contributed by atoms with Gasteiger partial charge >= 0.3 is 0 Å². The lowest BCUT2D eigenvalue weighted by Gasteiger charge is -2.43. The van der Waals surface area contributed by atoms with E-state index in [1.54, 1.807) is 12.1 Å². The van der Waals surface area contributed by atoms with Gasteiger partial charge in [-0.3, -0.25) is 9.69 Å². The van der Waals surface area contributed by atoms with Crippen molar-refractivity contribution in [3.05, 3.63) is 124 Å². The number of rotatable bonds is 2. The van der Waals surface area contributed by atoms with Gasteiger partial charge in [0.25, 0.3) is 0 Å². The number of halogens is 1. The van der Waals surface area contributed by atoms with Gasteiger partial charge in [-0.1, -0.05) is 54.6 Å². The maximum absolute atomic E-state index is 13.8. The number of amidine groups is 1. The second-order valence-electron chi connectivity index (χ2n) is 8.98. The molecule has 3 aliphatic rings. The first-order valence-corrected chi connectivity index (χ1v) is 11.5. The van der Waals surface area contributed by atoms with Crippen molar-refractivity contribution < 1.29 is 9.18 Å². The Balaban J connectivity index is 1.61. The minimum absolute atomic E-state index is 0.00313. The summed E-state index contributed by atoms with van der Waals surface area (Å²) in [6, 6.07) is 25.9. The van der Waals surface area contributed by atoms with E-state index < -0.39 is 5.92 Å². The molecule has 0 saturated heterocycles. The number of anilines is 1.